The van der Waals surface area contributed by atoms with E-state index in [4.69, 9.17) is 17.0 Å². The molecule has 2 N–H and O–H groups in total. The molecule has 134 valence electrons. The molecule has 2 rings (SSSR count). The Hall–Kier alpha value is -3.06. The van der Waals surface area contributed by atoms with E-state index >= 15 is 0 Å². The van der Waals surface area contributed by atoms with Crippen molar-refractivity contribution in [2.45, 2.75) is 6.92 Å². The fourth-order valence-electron chi connectivity index (χ4n) is 1.97. The highest BCUT2D eigenvalue weighted by molar-refractivity contribution is 7.80. The zero-order valence-corrected chi connectivity index (χ0v) is 14.8. The Kier molecular flexibility index (Phi) is 6.99. The van der Waals surface area contributed by atoms with E-state index < -0.39 is 11.9 Å². The SMILES string of the molecule is CCOC(=O)c1ccc(NC(=S)NC(=O)/C=C/c2ccc(F)cc2)cc1. The van der Waals surface area contributed by atoms with Crippen LogP contribution in [-0.4, -0.2) is 23.6 Å². The molecule has 0 aliphatic heterocycles. The van der Waals surface area contributed by atoms with Gasteiger partial charge in [0, 0.05) is 11.8 Å². The Morgan fingerprint density at radius 1 is 1.12 bits per heavy atom. The van der Waals surface area contributed by atoms with Crippen molar-refractivity contribution in [2.24, 2.45) is 0 Å². The minimum Gasteiger partial charge on any atom is -0.462 e. The van der Waals surface area contributed by atoms with Gasteiger partial charge in [-0.2, -0.15) is 0 Å². The van der Waals surface area contributed by atoms with Crippen LogP contribution in [0.15, 0.2) is 54.6 Å². The van der Waals surface area contributed by atoms with Crippen molar-refractivity contribution in [2.75, 3.05) is 11.9 Å². The highest BCUT2D eigenvalue weighted by atomic mass is 32.1. The van der Waals surface area contributed by atoms with Gasteiger partial charge < -0.3 is 10.1 Å². The molecule has 2 aromatic rings. The largest absolute Gasteiger partial charge is 0.462 e. The third kappa shape index (κ3) is 6.10. The lowest BCUT2D eigenvalue weighted by atomic mass is 10.2. The Balaban J connectivity index is 1.86. The molecule has 0 radical (unpaired) electrons. The molecule has 0 bridgehead atoms. The van der Waals surface area contributed by atoms with E-state index in [1.54, 1.807) is 49.4 Å². The van der Waals surface area contributed by atoms with Crippen LogP contribution in [0.25, 0.3) is 6.08 Å². The first-order valence-corrected chi connectivity index (χ1v) is 8.21. The predicted octanol–water partition coefficient (Wildman–Crippen LogP) is 3.53. The molecule has 0 heterocycles. The first-order valence-electron chi connectivity index (χ1n) is 7.80. The zero-order valence-electron chi connectivity index (χ0n) is 14.0. The Bertz CT molecular complexity index is 818. The van der Waals surface area contributed by atoms with E-state index in [1.165, 1.54) is 18.2 Å². The number of hydrogen-bond donors (Lipinski definition) is 2. The summed E-state index contributed by atoms with van der Waals surface area (Å²) in [7, 11) is 0. The lowest BCUT2D eigenvalue weighted by Gasteiger charge is -2.09. The molecule has 0 saturated carbocycles. The second kappa shape index (κ2) is 9.43. The number of esters is 1. The van der Waals surface area contributed by atoms with E-state index in [0.29, 0.717) is 23.4 Å². The summed E-state index contributed by atoms with van der Waals surface area (Å²) in [6.07, 6.45) is 2.84. The maximum Gasteiger partial charge on any atom is 0.338 e. The minimum atomic E-state index is -0.421. The van der Waals surface area contributed by atoms with Crippen LogP contribution in [0.5, 0.6) is 0 Å². The highest BCUT2D eigenvalue weighted by Crippen LogP contribution is 2.10. The van der Waals surface area contributed by atoms with Crippen molar-refractivity contribution in [3.8, 4) is 0 Å². The summed E-state index contributed by atoms with van der Waals surface area (Å²) >= 11 is 5.07. The van der Waals surface area contributed by atoms with Crippen LogP contribution in [0.3, 0.4) is 0 Å². The number of nitrogens with one attached hydrogen (secondary N) is 2. The van der Waals surface area contributed by atoms with Crippen molar-refractivity contribution in [1.29, 1.82) is 0 Å². The number of thiocarbonyl (C=S) groups is 1. The van der Waals surface area contributed by atoms with Crippen molar-refractivity contribution >= 4 is 41.0 Å². The maximum atomic E-state index is 12.8. The third-order valence-corrected chi connectivity index (χ3v) is 3.39. The highest BCUT2D eigenvalue weighted by Gasteiger charge is 2.06. The zero-order chi connectivity index (χ0) is 18.9. The van der Waals surface area contributed by atoms with Gasteiger partial charge in [0.1, 0.15) is 5.82 Å². The average Bonchev–Trinajstić information content (AvgIpc) is 2.62. The van der Waals surface area contributed by atoms with Gasteiger partial charge in [-0.05, 0) is 67.2 Å². The summed E-state index contributed by atoms with van der Waals surface area (Å²) in [5, 5.41) is 5.45. The molecule has 0 aromatic heterocycles. The second-order valence-corrected chi connectivity index (χ2v) is 5.53. The molecule has 5 nitrogen and oxygen atoms in total. The summed E-state index contributed by atoms with van der Waals surface area (Å²) in [4.78, 5) is 23.4. The maximum absolute atomic E-state index is 12.8. The number of rotatable bonds is 5. The van der Waals surface area contributed by atoms with Crippen molar-refractivity contribution in [3.05, 3.63) is 71.6 Å². The van der Waals surface area contributed by atoms with Gasteiger partial charge in [-0.3, -0.25) is 10.1 Å². The molecule has 0 spiro atoms. The second-order valence-electron chi connectivity index (χ2n) is 5.13. The number of halogens is 1. The number of carbonyl (C=O) groups is 2. The molecule has 0 atom stereocenters. The molecule has 0 aliphatic carbocycles. The molecule has 0 unspecified atom stereocenters. The number of hydrogen-bond acceptors (Lipinski definition) is 4. The molecule has 0 saturated heterocycles. The van der Waals surface area contributed by atoms with Crippen LogP contribution in [0.4, 0.5) is 10.1 Å². The smallest absolute Gasteiger partial charge is 0.338 e. The lowest BCUT2D eigenvalue weighted by molar-refractivity contribution is -0.115. The summed E-state index contributed by atoms with van der Waals surface area (Å²) in [6.45, 7) is 2.04. The van der Waals surface area contributed by atoms with E-state index in [2.05, 4.69) is 10.6 Å². The van der Waals surface area contributed by atoms with Crippen LogP contribution in [-0.2, 0) is 9.53 Å². The van der Waals surface area contributed by atoms with Crippen LogP contribution in [0.2, 0.25) is 0 Å². The van der Waals surface area contributed by atoms with Gasteiger partial charge in [-0.25, -0.2) is 9.18 Å². The molecule has 2 aromatic carbocycles. The van der Waals surface area contributed by atoms with Gasteiger partial charge in [0.25, 0.3) is 0 Å². The summed E-state index contributed by atoms with van der Waals surface area (Å²) < 4.78 is 17.7. The number of benzene rings is 2. The standard InChI is InChI=1S/C19H17FN2O3S/c1-2-25-18(24)14-6-10-16(11-7-14)21-19(26)22-17(23)12-5-13-3-8-15(20)9-4-13/h3-12H,2H2,1H3,(H2,21,22,23,26)/b12-5+. The van der Waals surface area contributed by atoms with Crippen molar-refractivity contribution < 1.29 is 18.7 Å². The van der Waals surface area contributed by atoms with Crippen LogP contribution in [0, 0.1) is 5.82 Å². The van der Waals surface area contributed by atoms with E-state index in [9.17, 15) is 14.0 Å². The van der Waals surface area contributed by atoms with Gasteiger partial charge in [0.15, 0.2) is 5.11 Å². The molecule has 1 amide bonds. The molecule has 7 heteroatoms. The van der Waals surface area contributed by atoms with E-state index in [-0.39, 0.29) is 10.9 Å². The van der Waals surface area contributed by atoms with Crippen molar-refractivity contribution in [3.63, 3.8) is 0 Å². The average molecular weight is 372 g/mol. The first-order chi connectivity index (χ1) is 12.5. The van der Waals surface area contributed by atoms with Gasteiger partial charge in [-0.15, -0.1) is 0 Å². The Labute approximate surface area is 155 Å². The topological polar surface area (TPSA) is 67.4 Å². The van der Waals surface area contributed by atoms with Crippen LogP contribution < -0.4 is 10.6 Å². The summed E-state index contributed by atoms with van der Waals surface area (Å²) in [5.74, 6) is -1.17. The summed E-state index contributed by atoms with van der Waals surface area (Å²) in [5.41, 5.74) is 1.73. The Morgan fingerprint density at radius 3 is 2.38 bits per heavy atom. The van der Waals surface area contributed by atoms with Crippen molar-refractivity contribution in [1.82, 2.24) is 5.32 Å². The molecular weight excluding hydrogens is 355 g/mol. The first kappa shape index (κ1) is 19.3. The molecule has 0 aliphatic rings. The Morgan fingerprint density at radius 2 is 1.77 bits per heavy atom. The van der Waals surface area contributed by atoms with E-state index in [1.807, 2.05) is 0 Å². The third-order valence-electron chi connectivity index (χ3n) is 3.19. The fraction of sp³-hybridized carbons (Fsp3) is 0.105. The normalized spacial score (nSPS) is 10.4. The van der Waals surface area contributed by atoms with Gasteiger partial charge in [0.05, 0.1) is 12.2 Å². The molecular formula is C19H17FN2O3S. The molecule has 0 fully saturated rings. The monoisotopic (exact) mass is 372 g/mol. The number of amides is 1. The number of anilines is 1. The van der Waals surface area contributed by atoms with Gasteiger partial charge in [-0.1, -0.05) is 12.1 Å². The molecule has 26 heavy (non-hydrogen) atoms. The summed E-state index contributed by atoms with van der Waals surface area (Å²) in [6, 6.07) is 12.2. The lowest BCUT2D eigenvalue weighted by Crippen LogP contribution is -2.32. The quantitative estimate of drug-likeness (QED) is 0.477. The minimum absolute atomic E-state index is 0.114. The van der Waals surface area contributed by atoms with Crippen LogP contribution in [0.1, 0.15) is 22.8 Å². The van der Waals surface area contributed by atoms with Gasteiger partial charge >= 0.3 is 5.97 Å². The number of carbonyl (C=O) groups excluding carboxylic acids is 2. The predicted molar refractivity (Wildman–Crippen MR) is 102 cm³/mol. The number of ether oxygens (including phenoxy) is 1. The van der Waals surface area contributed by atoms with Crippen LogP contribution >= 0.6 is 12.2 Å². The van der Waals surface area contributed by atoms with E-state index in [0.717, 1.165) is 0 Å². The van der Waals surface area contributed by atoms with Gasteiger partial charge in [0.2, 0.25) is 5.91 Å². The fourth-order valence-corrected chi connectivity index (χ4v) is 2.18.